The van der Waals surface area contributed by atoms with Gasteiger partial charge in [-0.3, -0.25) is 4.90 Å². The predicted octanol–water partition coefficient (Wildman–Crippen LogP) is 2.91. The first-order chi connectivity index (χ1) is 12.9. The molecule has 2 atom stereocenters. The predicted molar refractivity (Wildman–Crippen MR) is 98.6 cm³/mol. The van der Waals surface area contributed by atoms with Crippen LogP contribution in [0.5, 0.6) is 11.5 Å². The van der Waals surface area contributed by atoms with E-state index in [1.807, 2.05) is 42.5 Å². The minimum absolute atomic E-state index is 0.0659. The third-order valence-corrected chi connectivity index (χ3v) is 5.23. The minimum Gasteiger partial charge on any atom is -0.486 e. The van der Waals surface area contributed by atoms with Gasteiger partial charge in [0, 0.05) is 13.1 Å². The summed E-state index contributed by atoms with van der Waals surface area (Å²) in [5, 5.41) is 8.72. The van der Waals surface area contributed by atoms with Gasteiger partial charge in [0.2, 0.25) is 0 Å². The number of aromatic nitrogens is 3. The molecule has 0 aliphatic carbocycles. The fraction of sp³-hybridized carbons (Fsp3) is 0.400. The van der Waals surface area contributed by atoms with Gasteiger partial charge < -0.3 is 9.47 Å². The maximum absolute atomic E-state index is 6.13. The molecule has 5 rings (SSSR count). The van der Waals surface area contributed by atoms with Gasteiger partial charge in [0.1, 0.15) is 18.2 Å². The van der Waals surface area contributed by atoms with Crippen LogP contribution in [0.1, 0.15) is 18.9 Å². The van der Waals surface area contributed by atoms with Gasteiger partial charge in [0.15, 0.2) is 11.5 Å². The zero-order chi connectivity index (χ0) is 17.3. The van der Waals surface area contributed by atoms with Crippen molar-refractivity contribution < 1.29 is 9.47 Å². The van der Waals surface area contributed by atoms with Crippen LogP contribution >= 0.6 is 0 Å². The normalized spacial score (nSPS) is 23.2. The molecule has 0 saturated carbocycles. The second-order valence-corrected chi connectivity index (χ2v) is 7.08. The number of likely N-dealkylation sites (tertiary alicyclic amines) is 1. The molecular formula is C20H22N4O2. The molecule has 1 saturated heterocycles. The molecule has 1 aromatic heterocycles. The van der Waals surface area contributed by atoms with Crippen LogP contribution in [0.15, 0.2) is 48.5 Å². The van der Waals surface area contributed by atoms with E-state index in [-0.39, 0.29) is 6.10 Å². The van der Waals surface area contributed by atoms with Crippen molar-refractivity contribution in [2.24, 2.45) is 0 Å². The van der Waals surface area contributed by atoms with Crippen molar-refractivity contribution >= 4 is 11.0 Å². The molecule has 0 bridgehead atoms. The van der Waals surface area contributed by atoms with Crippen LogP contribution < -0.4 is 9.47 Å². The maximum Gasteiger partial charge on any atom is 0.161 e. The molecule has 0 spiro atoms. The lowest BCUT2D eigenvalue weighted by Gasteiger charge is -2.36. The zero-order valence-electron chi connectivity index (χ0n) is 14.6. The fourth-order valence-electron chi connectivity index (χ4n) is 3.99. The topological polar surface area (TPSA) is 52.4 Å². The molecule has 2 aliphatic rings. The molecule has 134 valence electrons. The van der Waals surface area contributed by atoms with Crippen molar-refractivity contribution in [1.82, 2.24) is 19.9 Å². The number of hydrogen-bond donors (Lipinski definition) is 0. The van der Waals surface area contributed by atoms with E-state index in [0.29, 0.717) is 12.6 Å². The number of para-hydroxylation sites is 3. The van der Waals surface area contributed by atoms with E-state index >= 15 is 0 Å². The third-order valence-electron chi connectivity index (χ3n) is 5.23. The Morgan fingerprint density at radius 3 is 2.85 bits per heavy atom. The number of nitrogens with zero attached hydrogens (tertiary/aromatic N) is 4. The molecule has 6 nitrogen and oxygen atoms in total. The summed E-state index contributed by atoms with van der Waals surface area (Å²) in [5.74, 6) is 1.69. The highest BCUT2D eigenvalue weighted by atomic mass is 16.6. The van der Waals surface area contributed by atoms with Crippen molar-refractivity contribution in [3.8, 4) is 11.5 Å². The Kier molecular flexibility index (Phi) is 3.97. The average molecular weight is 350 g/mol. The van der Waals surface area contributed by atoms with Crippen LogP contribution in [-0.2, 0) is 0 Å². The smallest absolute Gasteiger partial charge is 0.161 e. The molecule has 0 radical (unpaired) electrons. The minimum atomic E-state index is 0.0659. The van der Waals surface area contributed by atoms with Crippen molar-refractivity contribution in [3.63, 3.8) is 0 Å². The van der Waals surface area contributed by atoms with Gasteiger partial charge in [-0.2, -0.15) is 0 Å². The van der Waals surface area contributed by atoms with E-state index in [4.69, 9.17) is 9.47 Å². The molecule has 0 N–H and O–H groups in total. The summed E-state index contributed by atoms with van der Waals surface area (Å²) in [6.45, 7) is 3.53. The third kappa shape index (κ3) is 2.90. The molecule has 2 aliphatic heterocycles. The Bertz CT molecular complexity index is 909. The van der Waals surface area contributed by atoms with E-state index in [2.05, 4.69) is 26.0 Å². The van der Waals surface area contributed by atoms with E-state index < -0.39 is 0 Å². The summed E-state index contributed by atoms with van der Waals surface area (Å²) < 4.78 is 14.1. The van der Waals surface area contributed by atoms with Crippen LogP contribution in [0.25, 0.3) is 11.0 Å². The van der Waals surface area contributed by atoms with E-state index in [0.717, 1.165) is 55.0 Å². The molecule has 0 unspecified atom stereocenters. The van der Waals surface area contributed by atoms with Crippen LogP contribution in [0, 0.1) is 0 Å². The van der Waals surface area contributed by atoms with Crippen molar-refractivity contribution in [2.45, 2.75) is 25.0 Å². The first-order valence-electron chi connectivity index (χ1n) is 9.27. The Morgan fingerprint density at radius 1 is 1.04 bits per heavy atom. The molecule has 26 heavy (non-hydrogen) atoms. The van der Waals surface area contributed by atoms with Gasteiger partial charge in [0.25, 0.3) is 0 Å². The van der Waals surface area contributed by atoms with Gasteiger partial charge in [-0.1, -0.05) is 29.5 Å². The molecular weight excluding hydrogens is 328 g/mol. The Balaban J connectivity index is 1.28. The van der Waals surface area contributed by atoms with Gasteiger partial charge >= 0.3 is 0 Å². The van der Waals surface area contributed by atoms with E-state index in [9.17, 15) is 0 Å². The second-order valence-electron chi connectivity index (χ2n) is 7.08. The van der Waals surface area contributed by atoms with E-state index in [1.54, 1.807) is 0 Å². The van der Waals surface area contributed by atoms with E-state index in [1.165, 1.54) is 0 Å². The number of fused-ring (bicyclic) bond motifs is 2. The summed E-state index contributed by atoms with van der Waals surface area (Å²) in [5.41, 5.74) is 2.08. The van der Waals surface area contributed by atoms with Crippen LogP contribution in [-0.4, -0.2) is 52.2 Å². The monoisotopic (exact) mass is 350 g/mol. The first kappa shape index (κ1) is 15.6. The van der Waals surface area contributed by atoms with Gasteiger partial charge in [-0.25, -0.2) is 4.68 Å². The lowest BCUT2D eigenvalue weighted by atomic mass is 10.0. The number of rotatable bonds is 3. The van der Waals surface area contributed by atoms with Gasteiger partial charge in [-0.05, 0) is 43.7 Å². The molecule has 3 aromatic rings. The fourth-order valence-corrected chi connectivity index (χ4v) is 3.99. The van der Waals surface area contributed by atoms with Crippen molar-refractivity contribution in [1.29, 1.82) is 0 Å². The van der Waals surface area contributed by atoms with Crippen LogP contribution in [0.4, 0.5) is 0 Å². The summed E-state index contributed by atoms with van der Waals surface area (Å²) in [7, 11) is 0. The molecule has 1 fully saturated rings. The molecule has 3 heterocycles. The SMILES string of the molecule is c1ccc2c(c1)OC[C@H](CN1CCC[C@H](n3nnc4ccccc43)C1)O2. The highest BCUT2D eigenvalue weighted by Crippen LogP contribution is 2.31. The standard InChI is InChI=1S/C20H22N4O2/c1-2-8-18-17(7-1)21-22-24(18)15-6-5-11-23(12-15)13-16-14-25-19-9-3-4-10-20(19)26-16/h1-4,7-10,15-16H,5-6,11-14H2/t15-,16-/m0/s1. The molecule has 2 aromatic carbocycles. The zero-order valence-corrected chi connectivity index (χ0v) is 14.6. The van der Waals surface area contributed by atoms with Crippen LogP contribution in [0.2, 0.25) is 0 Å². The highest BCUT2D eigenvalue weighted by molar-refractivity contribution is 5.73. The van der Waals surface area contributed by atoms with Crippen molar-refractivity contribution in [2.75, 3.05) is 26.2 Å². The molecule has 0 amide bonds. The Labute approximate surface area is 152 Å². The summed E-state index contributed by atoms with van der Waals surface area (Å²) in [4.78, 5) is 2.46. The van der Waals surface area contributed by atoms with Crippen molar-refractivity contribution in [3.05, 3.63) is 48.5 Å². The largest absolute Gasteiger partial charge is 0.486 e. The number of hydrogen-bond acceptors (Lipinski definition) is 5. The maximum atomic E-state index is 6.13. The number of ether oxygens (including phenoxy) is 2. The summed E-state index contributed by atoms with van der Waals surface area (Å²) in [6, 6.07) is 16.4. The highest BCUT2D eigenvalue weighted by Gasteiger charge is 2.28. The lowest BCUT2D eigenvalue weighted by molar-refractivity contribution is 0.0453. The van der Waals surface area contributed by atoms with Gasteiger partial charge in [0.05, 0.1) is 11.6 Å². The van der Waals surface area contributed by atoms with Crippen LogP contribution in [0.3, 0.4) is 0 Å². The molecule has 6 heteroatoms. The average Bonchev–Trinajstić information content (AvgIpc) is 3.12. The summed E-state index contributed by atoms with van der Waals surface area (Å²) in [6.07, 6.45) is 2.36. The Hall–Kier alpha value is -2.60. The second kappa shape index (κ2) is 6.61. The quantitative estimate of drug-likeness (QED) is 0.727. The number of piperidine rings is 1. The first-order valence-corrected chi connectivity index (χ1v) is 9.27. The Morgan fingerprint density at radius 2 is 1.88 bits per heavy atom. The summed E-state index contributed by atoms with van der Waals surface area (Å²) >= 11 is 0. The lowest BCUT2D eigenvalue weighted by Crippen LogP contribution is -2.45. The number of benzene rings is 2. The van der Waals surface area contributed by atoms with Gasteiger partial charge in [-0.15, -0.1) is 5.10 Å².